The standard InChI is InChI=1S/C17H25FN2O/c1-5-13(3)11-15-7-9-20(10-8-15)17(21)19-14(4)12-16(18)6-2/h5-6,12,15H,2,4,7-11H2,1,3H3,(H,19,21)/b13-5+,16-12+. The van der Waals surface area contributed by atoms with Crippen LogP contribution in [0.3, 0.4) is 0 Å². The van der Waals surface area contributed by atoms with Gasteiger partial charge in [-0.15, -0.1) is 0 Å². The molecule has 0 saturated carbocycles. The van der Waals surface area contributed by atoms with Crippen LogP contribution >= 0.6 is 0 Å². The average Bonchev–Trinajstić information content (AvgIpc) is 2.47. The lowest BCUT2D eigenvalue weighted by Gasteiger charge is -2.32. The Morgan fingerprint density at radius 1 is 1.43 bits per heavy atom. The van der Waals surface area contributed by atoms with E-state index in [0.29, 0.717) is 5.92 Å². The monoisotopic (exact) mass is 292 g/mol. The first-order chi connectivity index (χ1) is 9.96. The summed E-state index contributed by atoms with van der Waals surface area (Å²) in [4.78, 5) is 13.8. The molecule has 1 aliphatic heterocycles. The van der Waals surface area contributed by atoms with Crippen molar-refractivity contribution in [3.8, 4) is 0 Å². The van der Waals surface area contributed by atoms with E-state index in [9.17, 15) is 9.18 Å². The SMILES string of the molecule is C=C/C(F)=C\C(=C)NC(=O)N1CCC(C/C(C)=C/C)CC1. The third kappa shape index (κ3) is 5.98. The van der Waals surface area contributed by atoms with E-state index in [4.69, 9.17) is 0 Å². The van der Waals surface area contributed by atoms with Crippen molar-refractivity contribution in [3.05, 3.63) is 48.5 Å². The highest BCUT2D eigenvalue weighted by Gasteiger charge is 2.22. The summed E-state index contributed by atoms with van der Waals surface area (Å²) in [7, 11) is 0. The summed E-state index contributed by atoms with van der Waals surface area (Å²) in [6.45, 7) is 12.6. The molecular weight excluding hydrogens is 267 g/mol. The van der Waals surface area contributed by atoms with Crippen molar-refractivity contribution in [2.24, 2.45) is 5.92 Å². The number of allylic oxidation sites excluding steroid dienone is 5. The first kappa shape index (κ1) is 17.2. The van der Waals surface area contributed by atoms with Gasteiger partial charge in [-0.3, -0.25) is 0 Å². The fourth-order valence-electron chi connectivity index (χ4n) is 2.39. The zero-order chi connectivity index (χ0) is 15.8. The van der Waals surface area contributed by atoms with Gasteiger partial charge in [0, 0.05) is 18.8 Å². The molecule has 0 radical (unpaired) electrons. The summed E-state index contributed by atoms with van der Waals surface area (Å²) in [5, 5.41) is 2.60. The Morgan fingerprint density at radius 2 is 2.05 bits per heavy atom. The Bertz CT molecular complexity index is 457. The second-order valence-corrected chi connectivity index (χ2v) is 5.46. The molecule has 1 aliphatic rings. The largest absolute Gasteiger partial charge is 0.325 e. The van der Waals surface area contributed by atoms with Crippen LogP contribution in [-0.2, 0) is 0 Å². The molecule has 2 amide bonds. The fourth-order valence-corrected chi connectivity index (χ4v) is 2.39. The first-order valence-corrected chi connectivity index (χ1v) is 7.32. The van der Waals surface area contributed by atoms with E-state index in [0.717, 1.165) is 44.5 Å². The van der Waals surface area contributed by atoms with Crippen LogP contribution in [0.5, 0.6) is 0 Å². The van der Waals surface area contributed by atoms with Crippen molar-refractivity contribution in [2.45, 2.75) is 33.1 Å². The van der Waals surface area contributed by atoms with Gasteiger partial charge in [-0.1, -0.05) is 24.8 Å². The van der Waals surface area contributed by atoms with Gasteiger partial charge in [0.15, 0.2) is 0 Å². The molecule has 0 aromatic heterocycles. The number of piperidine rings is 1. The van der Waals surface area contributed by atoms with Gasteiger partial charge < -0.3 is 10.2 Å². The molecule has 3 nitrogen and oxygen atoms in total. The normalized spacial score (nSPS) is 17.6. The number of halogens is 1. The Balaban J connectivity index is 2.42. The van der Waals surface area contributed by atoms with Gasteiger partial charge in [0.2, 0.25) is 0 Å². The second kappa shape index (κ2) is 8.45. The van der Waals surface area contributed by atoms with Crippen molar-refractivity contribution < 1.29 is 9.18 Å². The van der Waals surface area contributed by atoms with Gasteiger partial charge in [0.05, 0.1) is 0 Å². The van der Waals surface area contributed by atoms with Crippen LogP contribution in [0.25, 0.3) is 0 Å². The van der Waals surface area contributed by atoms with Crippen LogP contribution in [0, 0.1) is 5.92 Å². The molecule has 1 heterocycles. The van der Waals surface area contributed by atoms with Gasteiger partial charge in [0.1, 0.15) is 5.83 Å². The molecular formula is C17H25FN2O. The zero-order valence-electron chi connectivity index (χ0n) is 13.0. The van der Waals surface area contributed by atoms with Crippen LogP contribution in [0.4, 0.5) is 9.18 Å². The zero-order valence-corrected chi connectivity index (χ0v) is 13.0. The van der Waals surface area contributed by atoms with Gasteiger partial charge in [-0.05, 0) is 51.2 Å². The highest BCUT2D eigenvalue weighted by Crippen LogP contribution is 2.23. The van der Waals surface area contributed by atoms with E-state index in [1.807, 2.05) is 0 Å². The van der Waals surface area contributed by atoms with Gasteiger partial charge in [0.25, 0.3) is 0 Å². The van der Waals surface area contributed by atoms with Crippen molar-refractivity contribution in [1.82, 2.24) is 10.2 Å². The van der Waals surface area contributed by atoms with E-state index in [1.165, 1.54) is 5.57 Å². The van der Waals surface area contributed by atoms with E-state index in [-0.39, 0.29) is 11.7 Å². The van der Waals surface area contributed by atoms with E-state index in [2.05, 4.69) is 38.4 Å². The molecule has 1 rings (SSSR count). The second-order valence-electron chi connectivity index (χ2n) is 5.46. The van der Waals surface area contributed by atoms with Crippen molar-refractivity contribution in [3.63, 3.8) is 0 Å². The van der Waals surface area contributed by atoms with Gasteiger partial charge in [-0.2, -0.15) is 0 Å². The molecule has 0 spiro atoms. The number of urea groups is 1. The number of amides is 2. The third-order valence-electron chi connectivity index (χ3n) is 3.78. The molecule has 4 heteroatoms. The summed E-state index contributed by atoms with van der Waals surface area (Å²) < 4.78 is 13.0. The predicted octanol–water partition coefficient (Wildman–Crippen LogP) is 4.32. The van der Waals surface area contributed by atoms with E-state index >= 15 is 0 Å². The predicted molar refractivity (Wildman–Crippen MR) is 85.4 cm³/mol. The topological polar surface area (TPSA) is 32.3 Å². The van der Waals surface area contributed by atoms with Crippen LogP contribution in [0.2, 0.25) is 0 Å². The number of hydrogen-bond donors (Lipinski definition) is 1. The van der Waals surface area contributed by atoms with E-state index in [1.54, 1.807) is 4.90 Å². The Morgan fingerprint density at radius 3 is 2.57 bits per heavy atom. The minimum Gasteiger partial charge on any atom is -0.325 e. The lowest BCUT2D eigenvalue weighted by molar-refractivity contribution is 0.173. The quantitative estimate of drug-likeness (QED) is 0.594. The number of rotatable bonds is 5. The molecule has 0 bridgehead atoms. The van der Waals surface area contributed by atoms with Crippen molar-refractivity contribution >= 4 is 6.03 Å². The number of carbonyl (C=O) groups is 1. The smallest absolute Gasteiger partial charge is 0.321 e. The molecule has 0 unspecified atom stereocenters. The van der Waals surface area contributed by atoms with Crippen LogP contribution in [0.15, 0.2) is 48.5 Å². The molecule has 1 saturated heterocycles. The molecule has 21 heavy (non-hydrogen) atoms. The number of nitrogens with one attached hydrogen (secondary N) is 1. The minimum absolute atomic E-state index is 0.214. The Hall–Kier alpha value is -1.84. The van der Waals surface area contributed by atoms with Gasteiger partial charge in [-0.25, -0.2) is 9.18 Å². The highest BCUT2D eigenvalue weighted by molar-refractivity contribution is 5.76. The third-order valence-corrected chi connectivity index (χ3v) is 3.78. The summed E-state index contributed by atoms with van der Waals surface area (Å²) in [6, 6.07) is -0.214. The summed E-state index contributed by atoms with van der Waals surface area (Å²) >= 11 is 0. The molecule has 0 aromatic rings. The van der Waals surface area contributed by atoms with Crippen LogP contribution in [0.1, 0.15) is 33.1 Å². The summed E-state index contributed by atoms with van der Waals surface area (Å²) in [6.07, 6.45) is 7.48. The maximum absolute atomic E-state index is 13.0. The maximum Gasteiger partial charge on any atom is 0.321 e. The molecule has 1 N–H and O–H groups in total. The van der Waals surface area contributed by atoms with Crippen molar-refractivity contribution in [1.29, 1.82) is 0 Å². The highest BCUT2D eigenvalue weighted by atomic mass is 19.1. The van der Waals surface area contributed by atoms with Crippen LogP contribution in [-0.4, -0.2) is 24.0 Å². The Labute approximate surface area is 126 Å². The van der Waals surface area contributed by atoms with Crippen molar-refractivity contribution in [2.75, 3.05) is 13.1 Å². The number of carbonyl (C=O) groups excluding carboxylic acids is 1. The lowest BCUT2D eigenvalue weighted by Crippen LogP contribution is -2.43. The van der Waals surface area contributed by atoms with Crippen LogP contribution < -0.4 is 5.32 Å². The molecule has 116 valence electrons. The molecule has 0 atom stereocenters. The average molecular weight is 292 g/mol. The lowest BCUT2D eigenvalue weighted by atomic mass is 9.90. The van der Waals surface area contributed by atoms with Gasteiger partial charge >= 0.3 is 6.03 Å². The number of hydrogen-bond acceptors (Lipinski definition) is 1. The first-order valence-electron chi connectivity index (χ1n) is 7.32. The Kier molecular flexibility index (Phi) is 6.92. The molecule has 0 aromatic carbocycles. The minimum atomic E-state index is -0.513. The fraction of sp³-hybridized carbons (Fsp3) is 0.471. The molecule has 1 fully saturated rings. The van der Waals surface area contributed by atoms with E-state index < -0.39 is 5.83 Å². The molecule has 0 aliphatic carbocycles. The summed E-state index contributed by atoms with van der Waals surface area (Å²) in [5.41, 5.74) is 1.64. The number of nitrogens with zero attached hydrogens (tertiary/aromatic N) is 1. The maximum atomic E-state index is 13.0. The summed E-state index contributed by atoms with van der Waals surface area (Å²) in [5.74, 6) is 0.132. The number of likely N-dealkylation sites (tertiary alicyclic amines) is 1.